The summed E-state index contributed by atoms with van der Waals surface area (Å²) in [7, 11) is 2.00. The maximum Gasteiger partial charge on any atom is 0.354 e. The highest BCUT2D eigenvalue weighted by atomic mass is 16.4. The molecule has 0 atom stereocenters. The molecular weight excluding hydrogens is 256 g/mol. The van der Waals surface area contributed by atoms with Gasteiger partial charge in [-0.3, -0.25) is 0 Å². The van der Waals surface area contributed by atoms with Crippen molar-refractivity contribution in [3.05, 3.63) is 35.3 Å². The molecule has 0 unspecified atom stereocenters. The van der Waals surface area contributed by atoms with Gasteiger partial charge in [-0.2, -0.15) is 0 Å². The largest absolute Gasteiger partial charge is 0.477 e. The Morgan fingerprint density at radius 3 is 2.90 bits per heavy atom. The number of hydrogen-bond acceptors (Lipinski definition) is 5. The molecule has 1 aliphatic rings. The molecule has 2 aromatic rings. The molecular formula is C14H14N4O2. The van der Waals surface area contributed by atoms with Crippen molar-refractivity contribution in [2.45, 2.75) is 13.3 Å². The number of aryl methyl sites for hydroxylation is 1. The van der Waals surface area contributed by atoms with Gasteiger partial charge in [0, 0.05) is 31.0 Å². The van der Waals surface area contributed by atoms with Crippen LogP contribution in [0.15, 0.2) is 18.3 Å². The lowest BCUT2D eigenvalue weighted by molar-refractivity contribution is 0.0690. The standard InChI is InChI=1S/C14H14N4O2/c1-8-5-11(14(19)20)17-12(16-8)10-6-9-3-4-18(2)13(9)15-7-10/h5-7H,3-4H2,1-2H3,(H,19,20). The first-order valence-electron chi connectivity index (χ1n) is 6.34. The molecule has 0 saturated carbocycles. The van der Waals surface area contributed by atoms with Crippen LogP contribution in [0.25, 0.3) is 11.4 Å². The number of aromatic carboxylic acids is 1. The molecule has 102 valence electrons. The van der Waals surface area contributed by atoms with E-state index in [-0.39, 0.29) is 5.69 Å². The van der Waals surface area contributed by atoms with Gasteiger partial charge in [0.2, 0.25) is 0 Å². The first kappa shape index (κ1) is 12.5. The molecule has 6 heteroatoms. The van der Waals surface area contributed by atoms with Crippen molar-refractivity contribution in [1.29, 1.82) is 0 Å². The number of nitrogens with zero attached hydrogens (tertiary/aromatic N) is 4. The van der Waals surface area contributed by atoms with Crippen molar-refractivity contribution < 1.29 is 9.90 Å². The van der Waals surface area contributed by atoms with E-state index in [1.807, 2.05) is 13.1 Å². The summed E-state index contributed by atoms with van der Waals surface area (Å²) in [5.41, 5.74) is 2.53. The number of carboxylic acids is 1. The van der Waals surface area contributed by atoms with Crippen molar-refractivity contribution in [3.63, 3.8) is 0 Å². The van der Waals surface area contributed by atoms with Crippen LogP contribution in [-0.4, -0.2) is 39.6 Å². The number of anilines is 1. The van der Waals surface area contributed by atoms with Crippen molar-refractivity contribution in [2.24, 2.45) is 0 Å². The fourth-order valence-corrected chi connectivity index (χ4v) is 2.35. The Labute approximate surface area is 116 Å². The summed E-state index contributed by atoms with van der Waals surface area (Å²) in [6.07, 6.45) is 2.63. The summed E-state index contributed by atoms with van der Waals surface area (Å²) in [4.78, 5) is 26.0. The second-order valence-corrected chi connectivity index (χ2v) is 4.90. The number of carbonyl (C=O) groups is 1. The fraction of sp³-hybridized carbons (Fsp3) is 0.286. The molecule has 0 saturated heterocycles. The highest BCUT2D eigenvalue weighted by Crippen LogP contribution is 2.27. The number of aromatic nitrogens is 3. The van der Waals surface area contributed by atoms with Gasteiger partial charge in [-0.1, -0.05) is 0 Å². The van der Waals surface area contributed by atoms with Gasteiger partial charge in [0.25, 0.3) is 0 Å². The smallest absolute Gasteiger partial charge is 0.354 e. The Kier molecular flexibility index (Phi) is 2.85. The summed E-state index contributed by atoms with van der Waals surface area (Å²) in [5, 5.41) is 9.06. The second kappa shape index (κ2) is 4.56. The van der Waals surface area contributed by atoms with E-state index in [1.165, 1.54) is 6.07 Å². The van der Waals surface area contributed by atoms with E-state index >= 15 is 0 Å². The Bertz CT molecular complexity index is 700. The van der Waals surface area contributed by atoms with Crippen LogP contribution in [0.1, 0.15) is 21.7 Å². The molecule has 3 rings (SSSR count). The average molecular weight is 270 g/mol. The maximum atomic E-state index is 11.1. The third kappa shape index (κ3) is 2.09. The van der Waals surface area contributed by atoms with Crippen molar-refractivity contribution in [3.8, 4) is 11.4 Å². The zero-order valence-corrected chi connectivity index (χ0v) is 11.3. The van der Waals surface area contributed by atoms with E-state index < -0.39 is 5.97 Å². The van der Waals surface area contributed by atoms with Crippen LogP contribution in [0.3, 0.4) is 0 Å². The molecule has 20 heavy (non-hydrogen) atoms. The molecule has 0 radical (unpaired) electrons. The van der Waals surface area contributed by atoms with Crippen LogP contribution >= 0.6 is 0 Å². The maximum absolute atomic E-state index is 11.1. The third-order valence-electron chi connectivity index (χ3n) is 3.35. The zero-order valence-electron chi connectivity index (χ0n) is 11.3. The highest BCUT2D eigenvalue weighted by Gasteiger charge is 2.19. The summed E-state index contributed by atoms with van der Waals surface area (Å²) in [6, 6.07) is 3.45. The lowest BCUT2D eigenvalue weighted by Gasteiger charge is -2.10. The number of pyridine rings is 1. The molecule has 0 aliphatic carbocycles. The SMILES string of the molecule is Cc1cc(C(=O)O)nc(-c2cnc3c(c2)CCN3C)n1. The van der Waals surface area contributed by atoms with E-state index in [0.717, 1.165) is 29.9 Å². The van der Waals surface area contributed by atoms with E-state index in [9.17, 15) is 4.79 Å². The molecule has 1 N–H and O–H groups in total. The number of fused-ring (bicyclic) bond motifs is 1. The monoisotopic (exact) mass is 270 g/mol. The minimum absolute atomic E-state index is 0.00474. The summed E-state index contributed by atoms with van der Waals surface area (Å²) >= 11 is 0. The first-order chi connectivity index (χ1) is 9.54. The van der Waals surface area contributed by atoms with Crippen molar-refractivity contribution >= 4 is 11.8 Å². The summed E-state index contributed by atoms with van der Waals surface area (Å²) in [5.74, 6) is 0.331. The molecule has 2 aromatic heterocycles. The predicted molar refractivity (Wildman–Crippen MR) is 73.9 cm³/mol. The van der Waals surface area contributed by atoms with Gasteiger partial charge >= 0.3 is 5.97 Å². The van der Waals surface area contributed by atoms with E-state index in [4.69, 9.17) is 5.11 Å². The van der Waals surface area contributed by atoms with Gasteiger partial charge in [-0.25, -0.2) is 19.7 Å². The van der Waals surface area contributed by atoms with Crippen LogP contribution in [0, 0.1) is 6.92 Å². The van der Waals surface area contributed by atoms with Gasteiger partial charge in [0.15, 0.2) is 11.5 Å². The van der Waals surface area contributed by atoms with Crippen LogP contribution in [-0.2, 0) is 6.42 Å². The third-order valence-corrected chi connectivity index (χ3v) is 3.35. The Hall–Kier alpha value is -2.50. The molecule has 1 aliphatic heterocycles. The van der Waals surface area contributed by atoms with Crippen LogP contribution in [0.4, 0.5) is 5.82 Å². The summed E-state index contributed by atoms with van der Waals surface area (Å²) < 4.78 is 0. The van der Waals surface area contributed by atoms with Crippen molar-refractivity contribution in [1.82, 2.24) is 15.0 Å². The summed E-state index contributed by atoms with van der Waals surface area (Å²) in [6.45, 7) is 2.70. The number of likely N-dealkylation sites (N-methyl/N-ethyl adjacent to an activating group) is 1. The molecule has 0 amide bonds. The Morgan fingerprint density at radius 1 is 1.35 bits per heavy atom. The second-order valence-electron chi connectivity index (χ2n) is 4.90. The van der Waals surface area contributed by atoms with Crippen LogP contribution in [0.2, 0.25) is 0 Å². The average Bonchev–Trinajstić information content (AvgIpc) is 2.79. The highest BCUT2D eigenvalue weighted by molar-refractivity contribution is 5.86. The minimum atomic E-state index is -1.05. The fourth-order valence-electron chi connectivity index (χ4n) is 2.35. The molecule has 0 spiro atoms. The molecule has 6 nitrogen and oxygen atoms in total. The van der Waals surface area contributed by atoms with Crippen molar-refractivity contribution in [2.75, 3.05) is 18.5 Å². The normalized spacial score (nSPS) is 13.4. The molecule has 0 fully saturated rings. The molecule has 0 bridgehead atoms. The Balaban J connectivity index is 2.08. The quantitative estimate of drug-likeness (QED) is 0.891. The van der Waals surface area contributed by atoms with Crippen LogP contribution < -0.4 is 4.90 Å². The lowest BCUT2D eigenvalue weighted by Crippen LogP contribution is -2.13. The Morgan fingerprint density at radius 2 is 2.15 bits per heavy atom. The number of carboxylic acid groups (broad SMARTS) is 1. The lowest BCUT2D eigenvalue weighted by atomic mass is 10.1. The minimum Gasteiger partial charge on any atom is -0.477 e. The number of rotatable bonds is 2. The number of hydrogen-bond donors (Lipinski definition) is 1. The zero-order chi connectivity index (χ0) is 14.3. The van der Waals surface area contributed by atoms with Gasteiger partial charge in [-0.05, 0) is 31.0 Å². The van der Waals surface area contributed by atoms with Gasteiger partial charge in [0.1, 0.15) is 5.82 Å². The van der Waals surface area contributed by atoms with E-state index in [2.05, 4.69) is 19.9 Å². The predicted octanol–water partition coefficient (Wildman–Crippen LogP) is 1.54. The topological polar surface area (TPSA) is 79.2 Å². The van der Waals surface area contributed by atoms with E-state index in [1.54, 1.807) is 13.1 Å². The molecule has 0 aromatic carbocycles. The molecule has 3 heterocycles. The van der Waals surface area contributed by atoms with E-state index in [0.29, 0.717) is 11.5 Å². The first-order valence-corrected chi connectivity index (χ1v) is 6.34. The van der Waals surface area contributed by atoms with Gasteiger partial charge in [-0.15, -0.1) is 0 Å². The van der Waals surface area contributed by atoms with Crippen LogP contribution in [0.5, 0.6) is 0 Å². The van der Waals surface area contributed by atoms with Gasteiger partial charge < -0.3 is 10.0 Å². The van der Waals surface area contributed by atoms with Gasteiger partial charge in [0.05, 0.1) is 0 Å².